The van der Waals surface area contributed by atoms with Crippen molar-refractivity contribution in [1.82, 2.24) is 0 Å². The molecule has 1 rings (SSSR count). The van der Waals surface area contributed by atoms with Gasteiger partial charge in [-0.2, -0.15) is 5.26 Å². The van der Waals surface area contributed by atoms with Crippen LogP contribution in [0.3, 0.4) is 0 Å². The van der Waals surface area contributed by atoms with Gasteiger partial charge >= 0.3 is 0 Å². The normalized spacial score (nSPS) is 9.59. The van der Waals surface area contributed by atoms with E-state index in [2.05, 4.69) is 0 Å². The molecule has 0 fully saturated rings. The topological polar surface area (TPSA) is 53.3 Å². The van der Waals surface area contributed by atoms with Crippen molar-refractivity contribution in [3.05, 3.63) is 22.7 Å². The largest absolute Gasteiger partial charge is 0.494 e. The van der Waals surface area contributed by atoms with Gasteiger partial charge in [0.2, 0.25) is 5.91 Å². The summed E-state index contributed by atoms with van der Waals surface area (Å²) in [6.07, 6.45) is -0.175. The van der Waals surface area contributed by atoms with E-state index in [0.717, 1.165) is 5.56 Å². The van der Waals surface area contributed by atoms with Crippen molar-refractivity contribution in [1.29, 1.82) is 5.26 Å². The Bertz CT molecular complexity index is 480. The molecule has 4 nitrogen and oxygen atoms in total. The van der Waals surface area contributed by atoms with Crippen LogP contribution in [0.1, 0.15) is 12.0 Å². The van der Waals surface area contributed by atoms with E-state index in [1.54, 1.807) is 19.2 Å². The van der Waals surface area contributed by atoms with Crippen LogP contribution in [-0.4, -0.2) is 20.1 Å². The zero-order chi connectivity index (χ0) is 13.0. The van der Waals surface area contributed by atoms with Crippen LogP contribution in [0.5, 0.6) is 5.75 Å². The van der Waals surface area contributed by atoms with Crippen molar-refractivity contribution in [2.24, 2.45) is 0 Å². The number of hydrogen-bond acceptors (Lipinski definition) is 3. The highest BCUT2D eigenvalue weighted by atomic mass is 35.5. The maximum absolute atomic E-state index is 11.6. The van der Waals surface area contributed by atoms with Crippen molar-refractivity contribution < 1.29 is 9.53 Å². The molecule has 5 heteroatoms. The molecule has 0 saturated heterocycles. The zero-order valence-electron chi connectivity index (χ0n) is 9.95. The predicted molar refractivity (Wildman–Crippen MR) is 66.4 cm³/mol. The SMILES string of the molecule is COc1c(C)cc(Cl)cc1N(C)C(=O)CC#N. The molecule has 0 aliphatic carbocycles. The van der Waals surface area contributed by atoms with Gasteiger partial charge in [0.25, 0.3) is 0 Å². The van der Waals surface area contributed by atoms with Gasteiger partial charge in [0, 0.05) is 12.1 Å². The van der Waals surface area contributed by atoms with Gasteiger partial charge < -0.3 is 9.64 Å². The Morgan fingerprint density at radius 2 is 2.24 bits per heavy atom. The highest BCUT2D eigenvalue weighted by Crippen LogP contribution is 2.34. The molecular formula is C12H13ClN2O2. The van der Waals surface area contributed by atoms with Crippen LogP contribution in [0.2, 0.25) is 5.02 Å². The van der Waals surface area contributed by atoms with E-state index in [0.29, 0.717) is 16.5 Å². The van der Waals surface area contributed by atoms with Crippen LogP contribution in [0.4, 0.5) is 5.69 Å². The van der Waals surface area contributed by atoms with E-state index in [4.69, 9.17) is 21.6 Å². The predicted octanol–water partition coefficient (Wildman–Crippen LogP) is 2.53. The number of carbonyl (C=O) groups is 1. The summed E-state index contributed by atoms with van der Waals surface area (Å²) in [5.74, 6) is 0.288. The molecule has 0 heterocycles. The second kappa shape index (κ2) is 5.55. The van der Waals surface area contributed by atoms with Gasteiger partial charge in [-0.05, 0) is 24.6 Å². The summed E-state index contributed by atoms with van der Waals surface area (Å²) < 4.78 is 5.25. The Kier molecular flexibility index (Phi) is 4.36. The number of ether oxygens (including phenoxy) is 1. The summed E-state index contributed by atoms with van der Waals surface area (Å²) >= 11 is 5.95. The first kappa shape index (κ1) is 13.3. The molecule has 0 aliphatic rings. The first-order chi connectivity index (χ1) is 8.01. The molecule has 0 bridgehead atoms. The van der Waals surface area contributed by atoms with Gasteiger partial charge in [-0.1, -0.05) is 11.6 Å². The number of halogens is 1. The standard InChI is InChI=1S/C12H13ClN2O2/c1-8-6-9(13)7-10(12(8)17-3)15(2)11(16)4-5-14/h6-7H,4H2,1-3H3. The molecule has 1 aromatic carbocycles. The molecule has 1 aromatic rings. The minimum absolute atomic E-state index is 0.175. The van der Waals surface area contributed by atoms with Crippen molar-refractivity contribution in [2.75, 3.05) is 19.1 Å². The van der Waals surface area contributed by atoms with Crippen molar-refractivity contribution in [3.63, 3.8) is 0 Å². The number of nitriles is 1. The van der Waals surface area contributed by atoms with Crippen LogP contribution in [0.25, 0.3) is 0 Å². The zero-order valence-corrected chi connectivity index (χ0v) is 10.7. The summed E-state index contributed by atoms with van der Waals surface area (Å²) in [5.41, 5.74) is 1.41. The number of amides is 1. The maximum Gasteiger partial charge on any atom is 0.241 e. The molecular weight excluding hydrogens is 240 g/mol. The van der Waals surface area contributed by atoms with Gasteiger partial charge in [0.1, 0.15) is 12.2 Å². The maximum atomic E-state index is 11.6. The van der Waals surface area contributed by atoms with Crippen LogP contribution in [0, 0.1) is 18.3 Å². The molecule has 0 spiro atoms. The summed E-state index contributed by atoms with van der Waals surface area (Å²) in [6, 6.07) is 5.22. The first-order valence-electron chi connectivity index (χ1n) is 4.99. The highest BCUT2D eigenvalue weighted by molar-refractivity contribution is 6.31. The van der Waals surface area contributed by atoms with Gasteiger partial charge in [0.05, 0.1) is 18.9 Å². The second-order valence-corrected chi connectivity index (χ2v) is 4.00. The lowest BCUT2D eigenvalue weighted by atomic mass is 10.1. The highest BCUT2D eigenvalue weighted by Gasteiger charge is 2.17. The summed E-state index contributed by atoms with van der Waals surface area (Å²) in [5, 5.41) is 9.04. The average Bonchev–Trinajstić information content (AvgIpc) is 2.27. The molecule has 1 amide bonds. The second-order valence-electron chi connectivity index (χ2n) is 3.56. The summed E-state index contributed by atoms with van der Waals surface area (Å²) in [6.45, 7) is 1.84. The quantitative estimate of drug-likeness (QED) is 0.831. The molecule has 0 N–H and O–H groups in total. The van der Waals surface area contributed by atoms with E-state index >= 15 is 0 Å². The third-order valence-electron chi connectivity index (χ3n) is 2.39. The number of benzene rings is 1. The number of methoxy groups -OCH3 is 1. The first-order valence-corrected chi connectivity index (χ1v) is 5.36. The number of rotatable bonds is 3. The monoisotopic (exact) mass is 252 g/mol. The smallest absolute Gasteiger partial charge is 0.241 e. The average molecular weight is 253 g/mol. The van der Waals surface area contributed by atoms with Crippen molar-refractivity contribution in [2.45, 2.75) is 13.3 Å². The molecule has 0 aliphatic heterocycles. The molecule has 0 aromatic heterocycles. The number of nitrogens with zero attached hydrogens (tertiary/aromatic N) is 2. The van der Waals surface area contributed by atoms with E-state index in [-0.39, 0.29) is 12.3 Å². The van der Waals surface area contributed by atoms with Crippen LogP contribution in [0.15, 0.2) is 12.1 Å². The minimum Gasteiger partial charge on any atom is -0.494 e. The molecule has 0 unspecified atom stereocenters. The Balaban J connectivity index is 3.21. The Hall–Kier alpha value is -1.73. The van der Waals surface area contributed by atoms with E-state index in [1.165, 1.54) is 12.0 Å². The summed E-state index contributed by atoms with van der Waals surface area (Å²) in [4.78, 5) is 13.0. The molecule has 0 radical (unpaired) electrons. The molecule has 0 saturated carbocycles. The number of hydrogen-bond donors (Lipinski definition) is 0. The lowest BCUT2D eigenvalue weighted by Gasteiger charge is -2.20. The third kappa shape index (κ3) is 2.89. The third-order valence-corrected chi connectivity index (χ3v) is 2.61. The van der Waals surface area contributed by atoms with E-state index < -0.39 is 0 Å². The van der Waals surface area contributed by atoms with Crippen LogP contribution < -0.4 is 9.64 Å². The Labute approximate surface area is 105 Å². The number of carbonyl (C=O) groups excluding carboxylic acids is 1. The Morgan fingerprint density at radius 3 is 2.76 bits per heavy atom. The van der Waals surface area contributed by atoms with Gasteiger partial charge in [-0.25, -0.2) is 0 Å². The fraction of sp³-hybridized carbons (Fsp3) is 0.333. The molecule has 17 heavy (non-hydrogen) atoms. The lowest BCUT2D eigenvalue weighted by molar-refractivity contribution is -0.117. The van der Waals surface area contributed by atoms with Crippen LogP contribution >= 0.6 is 11.6 Å². The Morgan fingerprint density at radius 1 is 1.59 bits per heavy atom. The van der Waals surface area contributed by atoms with Crippen molar-refractivity contribution >= 4 is 23.2 Å². The number of anilines is 1. The summed E-state index contributed by atoms with van der Waals surface area (Å²) in [7, 11) is 3.12. The number of aryl methyl sites for hydroxylation is 1. The molecule has 0 atom stereocenters. The fourth-order valence-electron chi connectivity index (χ4n) is 1.55. The van der Waals surface area contributed by atoms with Gasteiger partial charge in [-0.3, -0.25) is 4.79 Å². The minimum atomic E-state index is -0.299. The molecule has 90 valence electrons. The van der Waals surface area contributed by atoms with E-state index in [1.807, 2.05) is 13.0 Å². The lowest BCUT2D eigenvalue weighted by Crippen LogP contribution is -2.26. The van der Waals surface area contributed by atoms with Crippen molar-refractivity contribution in [3.8, 4) is 11.8 Å². The van der Waals surface area contributed by atoms with E-state index in [9.17, 15) is 4.79 Å². The van der Waals surface area contributed by atoms with Gasteiger partial charge in [0.15, 0.2) is 0 Å². The van der Waals surface area contributed by atoms with Gasteiger partial charge in [-0.15, -0.1) is 0 Å². The fourth-order valence-corrected chi connectivity index (χ4v) is 1.81. The van der Waals surface area contributed by atoms with Crippen LogP contribution in [-0.2, 0) is 4.79 Å².